The molecule has 0 aliphatic carbocycles. The van der Waals surface area contributed by atoms with Crippen LogP contribution in [-0.2, 0) is 11.0 Å². The van der Waals surface area contributed by atoms with Crippen molar-refractivity contribution in [3.63, 3.8) is 0 Å². The lowest BCUT2D eigenvalue weighted by molar-refractivity contribution is -0.137. The summed E-state index contributed by atoms with van der Waals surface area (Å²) in [5, 5.41) is 2.06. The Hall–Kier alpha value is -2.00. The van der Waals surface area contributed by atoms with E-state index in [4.69, 9.17) is 11.6 Å². The van der Waals surface area contributed by atoms with Crippen LogP contribution in [0.1, 0.15) is 37.7 Å². The number of halogens is 4. The zero-order valence-electron chi connectivity index (χ0n) is 17.4. The van der Waals surface area contributed by atoms with Gasteiger partial charge in [-0.15, -0.1) is 0 Å². The normalized spacial score (nSPS) is 18.8. The highest BCUT2D eigenvalue weighted by Gasteiger charge is 2.33. The summed E-state index contributed by atoms with van der Waals surface area (Å²) in [5.74, 6) is -0.000190. The fourth-order valence-corrected chi connectivity index (χ4v) is 4.22. The maximum Gasteiger partial charge on any atom is 0.417 e. The Kier molecular flexibility index (Phi) is 8.05. The third-order valence-electron chi connectivity index (χ3n) is 5.75. The molecule has 10 heteroatoms. The van der Waals surface area contributed by atoms with Crippen molar-refractivity contribution < 1.29 is 22.8 Å². The summed E-state index contributed by atoms with van der Waals surface area (Å²) in [7, 11) is 0. The van der Waals surface area contributed by atoms with Crippen LogP contribution in [0.4, 0.5) is 23.7 Å². The zero-order valence-corrected chi connectivity index (χ0v) is 18.1. The molecule has 2 saturated heterocycles. The maximum atomic E-state index is 13.0. The van der Waals surface area contributed by atoms with Crippen molar-refractivity contribution in [2.45, 2.75) is 38.3 Å². The molecular formula is C21H28ClF3N4O2. The lowest BCUT2D eigenvalue weighted by Crippen LogP contribution is -2.39. The molecule has 2 heterocycles. The molecule has 0 bridgehead atoms. The van der Waals surface area contributed by atoms with E-state index in [0.29, 0.717) is 19.6 Å². The van der Waals surface area contributed by atoms with E-state index in [1.165, 1.54) is 30.2 Å². The highest BCUT2D eigenvalue weighted by Crippen LogP contribution is 2.36. The van der Waals surface area contributed by atoms with Crippen molar-refractivity contribution in [1.29, 1.82) is 0 Å². The van der Waals surface area contributed by atoms with Crippen LogP contribution in [0.2, 0.25) is 5.02 Å². The number of benzene rings is 1. The molecule has 2 aliphatic rings. The van der Waals surface area contributed by atoms with Crippen molar-refractivity contribution in [1.82, 2.24) is 14.7 Å². The Morgan fingerprint density at radius 1 is 1.03 bits per heavy atom. The summed E-state index contributed by atoms with van der Waals surface area (Å²) >= 11 is 5.62. The summed E-state index contributed by atoms with van der Waals surface area (Å²) in [5.41, 5.74) is -0.992. The molecule has 172 valence electrons. The molecule has 31 heavy (non-hydrogen) atoms. The second-order valence-corrected chi connectivity index (χ2v) is 8.40. The first-order valence-corrected chi connectivity index (χ1v) is 11.0. The quantitative estimate of drug-likeness (QED) is 0.712. The van der Waals surface area contributed by atoms with E-state index in [1.807, 2.05) is 0 Å². The van der Waals surface area contributed by atoms with Crippen LogP contribution < -0.4 is 5.32 Å². The van der Waals surface area contributed by atoms with Crippen LogP contribution in [0.5, 0.6) is 0 Å². The van der Waals surface area contributed by atoms with Gasteiger partial charge in [0.2, 0.25) is 5.91 Å². The standard InChI is InChI=1S/C21H28ClF3N4O2/c22-18-6-5-16(15-17(18)21(23,24)25)26-20(31)29-12-7-19(30)28(13-14-29)11-4-10-27-8-2-1-3-9-27/h5-6,15H,1-4,7-14H2,(H,26,31). The number of rotatable bonds is 5. The third kappa shape index (κ3) is 6.74. The SMILES string of the molecule is O=C1CCN(C(=O)Nc2ccc(Cl)c(C(F)(F)F)c2)CCN1CCCN1CCCCC1. The molecule has 0 atom stereocenters. The van der Waals surface area contributed by atoms with E-state index in [2.05, 4.69) is 10.2 Å². The molecule has 3 amide bonds. The minimum Gasteiger partial charge on any atom is -0.341 e. The van der Waals surface area contributed by atoms with Gasteiger partial charge < -0.3 is 20.0 Å². The molecule has 2 fully saturated rings. The molecule has 1 aromatic carbocycles. The predicted octanol–water partition coefficient (Wildman–Crippen LogP) is 4.30. The van der Waals surface area contributed by atoms with Crippen LogP contribution in [0.25, 0.3) is 0 Å². The number of hydrogen-bond donors (Lipinski definition) is 1. The number of nitrogens with zero attached hydrogens (tertiary/aromatic N) is 3. The van der Waals surface area contributed by atoms with Gasteiger partial charge in [0.1, 0.15) is 0 Å². The van der Waals surface area contributed by atoms with Gasteiger partial charge in [-0.1, -0.05) is 18.0 Å². The Morgan fingerprint density at radius 3 is 2.48 bits per heavy atom. The van der Waals surface area contributed by atoms with Crippen molar-refractivity contribution in [3.05, 3.63) is 28.8 Å². The predicted molar refractivity (Wildman–Crippen MR) is 113 cm³/mol. The second-order valence-electron chi connectivity index (χ2n) is 8.00. The Balaban J connectivity index is 1.51. The van der Waals surface area contributed by atoms with E-state index in [1.54, 1.807) is 4.90 Å². The molecule has 3 rings (SSSR count). The smallest absolute Gasteiger partial charge is 0.341 e. The number of alkyl halides is 3. The molecule has 1 N–H and O–H groups in total. The van der Waals surface area contributed by atoms with E-state index in [-0.39, 0.29) is 24.6 Å². The summed E-state index contributed by atoms with van der Waals surface area (Å²) in [6.45, 7) is 4.82. The lowest BCUT2D eigenvalue weighted by Gasteiger charge is -2.28. The molecule has 2 aliphatic heterocycles. The summed E-state index contributed by atoms with van der Waals surface area (Å²) in [6, 6.07) is 2.72. The lowest BCUT2D eigenvalue weighted by atomic mass is 10.1. The average molecular weight is 461 g/mol. The fraction of sp³-hybridized carbons (Fsp3) is 0.619. The van der Waals surface area contributed by atoms with Gasteiger partial charge in [-0.05, 0) is 57.1 Å². The second kappa shape index (κ2) is 10.5. The Labute approximate surface area is 185 Å². The molecule has 1 aromatic rings. The van der Waals surface area contributed by atoms with Crippen molar-refractivity contribution >= 4 is 29.2 Å². The molecule has 6 nitrogen and oxygen atoms in total. The Morgan fingerprint density at radius 2 is 1.77 bits per heavy atom. The maximum absolute atomic E-state index is 13.0. The van der Waals surface area contributed by atoms with Gasteiger partial charge in [-0.2, -0.15) is 13.2 Å². The van der Waals surface area contributed by atoms with Gasteiger partial charge in [0.05, 0.1) is 10.6 Å². The highest BCUT2D eigenvalue weighted by molar-refractivity contribution is 6.31. The number of likely N-dealkylation sites (tertiary alicyclic amines) is 1. The van der Waals surface area contributed by atoms with E-state index >= 15 is 0 Å². The summed E-state index contributed by atoms with van der Waals surface area (Å²) in [4.78, 5) is 30.7. The van der Waals surface area contributed by atoms with Gasteiger partial charge in [0.15, 0.2) is 0 Å². The first kappa shape index (κ1) is 23.7. The first-order valence-electron chi connectivity index (χ1n) is 10.7. The molecular weight excluding hydrogens is 433 g/mol. The number of amides is 3. The van der Waals surface area contributed by atoms with Gasteiger partial charge in [0, 0.05) is 38.3 Å². The minimum absolute atomic E-state index is 0.000190. The van der Waals surface area contributed by atoms with Crippen molar-refractivity contribution in [2.75, 3.05) is 51.1 Å². The van der Waals surface area contributed by atoms with Crippen LogP contribution in [0.15, 0.2) is 18.2 Å². The number of carbonyl (C=O) groups is 2. The number of hydrogen-bond acceptors (Lipinski definition) is 3. The van der Waals surface area contributed by atoms with Crippen LogP contribution in [-0.4, -0.2) is 72.5 Å². The van der Waals surface area contributed by atoms with Crippen molar-refractivity contribution in [2.24, 2.45) is 0 Å². The summed E-state index contributed by atoms with van der Waals surface area (Å²) < 4.78 is 39.1. The number of nitrogens with one attached hydrogen (secondary N) is 1. The average Bonchev–Trinajstić information content (AvgIpc) is 2.91. The number of urea groups is 1. The van der Waals surface area contributed by atoms with E-state index in [0.717, 1.165) is 38.2 Å². The molecule has 0 radical (unpaired) electrons. The van der Waals surface area contributed by atoms with E-state index in [9.17, 15) is 22.8 Å². The van der Waals surface area contributed by atoms with Crippen LogP contribution in [0, 0.1) is 0 Å². The van der Waals surface area contributed by atoms with Gasteiger partial charge in [-0.3, -0.25) is 4.79 Å². The topological polar surface area (TPSA) is 55.9 Å². The number of anilines is 1. The first-order chi connectivity index (χ1) is 14.7. The fourth-order valence-electron chi connectivity index (χ4n) is 4.00. The molecule has 0 spiro atoms. The minimum atomic E-state index is -4.61. The Bertz CT molecular complexity index is 784. The molecule has 0 saturated carbocycles. The van der Waals surface area contributed by atoms with Crippen molar-refractivity contribution in [3.8, 4) is 0 Å². The van der Waals surface area contributed by atoms with Gasteiger partial charge in [-0.25, -0.2) is 4.79 Å². The number of carbonyl (C=O) groups excluding carboxylic acids is 2. The molecule has 0 unspecified atom stereocenters. The largest absolute Gasteiger partial charge is 0.417 e. The third-order valence-corrected chi connectivity index (χ3v) is 6.08. The molecule has 0 aromatic heterocycles. The number of piperidine rings is 1. The summed E-state index contributed by atoms with van der Waals surface area (Å²) in [6.07, 6.45) is 0.220. The highest BCUT2D eigenvalue weighted by atomic mass is 35.5. The van der Waals surface area contributed by atoms with Gasteiger partial charge in [0.25, 0.3) is 0 Å². The van der Waals surface area contributed by atoms with Crippen LogP contribution >= 0.6 is 11.6 Å². The van der Waals surface area contributed by atoms with Crippen LogP contribution in [0.3, 0.4) is 0 Å². The zero-order chi connectivity index (χ0) is 22.4. The van der Waals surface area contributed by atoms with E-state index < -0.39 is 22.8 Å². The van der Waals surface area contributed by atoms with Gasteiger partial charge >= 0.3 is 12.2 Å². The monoisotopic (exact) mass is 460 g/mol.